The minimum absolute atomic E-state index is 0.252. The van der Waals surface area contributed by atoms with Gasteiger partial charge in [0.25, 0.3) is 0 Å². The predicted molar refractivity (Wildman–Crippen MR) is 87.0 cm³/mol. The SMILES string of the molecule is Cc1ccc(S(=O)(=O)N2CCN(C(=O)Nc3ccon3)CC2)cc1. The molecular weight excluding hydrogens is 332 g/mol. The molecule has 1 aromatic heterocycles. The van der Waals surface area contributed by atoms with E-state index >= 15 is 0 Å². The van der Waals surface area contributed by atoms with Crippen LogP contribution in [0.1, 0.15) is 5.56 Å². The molecule has 0 atom stereocenters. The molecule has 3 rings (SSSR count). The Balaban J connectivity index is 1.62. The van der Waals surface area contributed by atoms with Crippen LogP contribution in [0.3, 0.4) is 0 Å². The summed E-state index contributed by atoms with van der Waals surface area (Å²) in [5, 5.41) is 6.21. The average molecular weight is 350 g/mol. The molecule has 2 aromatic rings. The van der Waals surface area contributed by atoms with Gasteiger partial charge in [-0.3, -0.25) is 5.32 Å². The van der Waals surface area contributed by atoms with Crippen LogP contribution in [0.4, 0.5) is 10.6 Å². The van der Waals surface area contributed by atoms with Crippen LogP contribution in [0, 0.1) is 6.92 Å². The van der Waals surface area contributed by atoms with Crippen LogP contribution < -0.4 is 5.32 Å². The molecular formula is C15H18N4O4S. The molecule has 1 aliphatic heterocycles. The van der Waals surface area contributed by atoms with Gasteiger partial charge in [0.15, 0.2) is 5.82 Å². The second-order valence-corrected chi connectivity index (χ2v) is 7.46. The molecule has 1 N–H and O–H groups in total. The van der Waals surface area contributed by atoms with Gasteiger partial charge in [-0.05, 0) is 19.1 Å². The maximum atomic E-state index is 12.6. The van der Waals surface area contributed by atoms with Gasteiger partial charge in [-0.25, -0.2) is 13.2 Å². The van der Waals surface area contributed by atoms with Crippen LogP contribution in [0.15, 0.2) is 46.0 Å². The number of carbonyl (C=O) groups is 1. The van der Waals surface area contributed by atoms with Gasteiger partial charge >= 0.3 is 6.03 Å². The quantitative estimate of drug-likeness (QED) is 0.905. The Hall–Kier alpha value is -2.39. The number of anilines is 1. The second kappa shape index (κ2) is 6.62. The first-order valence-electron chi connectivity index (χ1n) is 7.50. The van der Waals surface area contributed by atoms with Crippen molar-refractivity contribution >= 4 is 21.9 Å². The Morgan fingerprint density at radius 1 is 1.12 bits per heavy atom. The van der Waals surface area contributed by atoms with E-state index in [1.54, 1.807) is 29.2 Å². The summed E-state index contributed by atoms with van der Waals surface area (Å²) in [7, 11) is -3.53. The number of piperazine rings is 1. The highest BCUT2D eigenvalue weighted by atomic mass is 32.2. The van der Waals surface area contributed by atoms with Gasteiger partial charge in [-0.2, -0.15) is 4.31 Å². The number of amides is 2. The highest BCUT2D eigenvalue weighted by Crippen LogP contribution is 2.18. The maximum Gasteiger partial charge on any atom is 0.323 e. The van der Waals surface area contributed by atoms with Crippen molar-refractivity contribution in [3.8, 4) is 0 Å². The van der Waals surface area contributed by atoms with Gasteiger partial charge in [-0.1, -0.05) is 22.9 Å². The van der Waals surface area contributed by atoms with Crippen LogP contribution in [0.5, 0.6) is 0 Å². The summed E-state index contributed by atoms with van der Waals surface area (Å²) in [4.78, 5) is 13.9. The number of rotatable bonds is 3. The highest BCUT2D eigenvalue weighted by molar-refractivity contribution is 7.89. The standard InChI is InChI=1S/C15H18N4O4S/c1-12-2-4-13(5-3-12)24(21,22)19-9-7-18(8-10-19)15(20)16-14-6-11-23-17-14/h2-6,11H,7-10H2,1H3,(H,16,17,20). The van der Waals surface area contributed by atoms with Gasteiger partial charge in [0.2, 0.25) is 10.0 Å². The Bertz CT molecular complexity index is 795. The smallest absolute Gasteiger partial charge is 0.323 e. The molecule has 0 spiro atoms. The average Bonchev–Trinajstić information content (AvgIpc) is 3.08. The Labute approximate surface area is 140 Å². The third kappa shape index (κ3) is 3.41. The summed E-state index contributed by atoms with van der Waals surface area (Å²) in [5.74, 6) is 0.328. The Morgan fingerprint density at radius 2 is 1.79 bits per heavy atom. The van der Waals surface area contributed by atoms with Crippen LogP contribution in [-0.2, 0) is 10.0 Å². The number of aryl methyl sites for hydroxylation is 1. The largest absolute Gasteiger partial charge is 0.363 e. The number of urea groups is 1. The number of aromatic nitrogens is 1. The number of sulfonamides is 1. The van der Waals surface area contributed by atoms with Crippen LogP contribution in [-0.4, -0.2) is 55.0 Å². The Kier molecular flexibility index (Phi) is 4.54. The first-order valence-corrected chi connectivity index (χ1v) is 8.94. The number of hydrogen-bond donors (Lipinski definition) is 1. The van der Waals surface area contributed by atoms with Gasteiger partial charge in [0.05, 0.1) is 4.90 Å². The maximum absolute atomic E-state index is 12.6. The monoisotopic (exact) mass is 350 g/mol. The van der Waals surface area contributed by atoms with Crippen molar-refractivity contribution in [2.75, 3.05) is 31.5 Å². The number of benzene rings is 1. The van der Waals surface area contributed by atoms with E-state index in [9.17, 15) is 13.2 Å². The van der Waals surface area contributed by atoms with Crippen LogP contribution in [0.2, 0.25) is 0 Å². The van der Waals surface area contributed by atoms with Gasteiger partial charge in [-0.15, -0.1) is 0 Å². The lowest BCUT2D eigenvalue weighted by atomic mass is 10.2. The van der Waals surface area contributed by atoms with Crippen molar-refractivity contribution in [1.29, 1.82) is 0 Å². The van der Waals surface area contributed by atoms with E-state index in [4.69, 9.17) is 0 Å². The molecule has 24 heavy (non-hydrogen) atoms. The molecule has 0 aliphatic carbocycles. The normalized spacial score (nSPS) is 16.1. The van der Waals surface area contributed by atoms with Gasteiger partial charge < -0.3 is 9.42 Å². The zero-order valence-electron chi connectivity index (χ0n) is 13.2. The molecule has 2 amide bonds. The topological polar surface area (TPSA) is 95.8 Å². The summed E-state index contributed by atoms with van der Waals surface area (Å²) in [5.41, 5.74) is 1.00. The number of nitrogens with one attached hydrogen (secondary N) is 1. The van der Waals surface area contributed by atoms with E-state index in [-0.39, 0.29) is 24.0 Å². The molecule has 1 fully saturated rings. The zero-order chi connectivity index (χ0) is 17.2. The van der Waals surface area contributed by atoms with E-state index in [2.05, 4.69) is 15.0 Å². The predicted octanol–water partition coefficient (Wildman–Crippen LogP) is 1.52. The fourth-order valence-corrected chi connectivity index (χ4v) is 3.88. The van der Waals surface area contributed by atoms with E-state index < -0.39 is 10.0 Å². The molecule has 8 nitrogen and oxygen atoms in total. The fourth-order valence-electron chi connectivity index (χ4n) is 2.46. The van der Waals surface area contributed by atoms with Gasteiger partial charge in [0.1, 0.15) is 6.26 Å². The third-order valence-electron chi connectivity index (χ3n) is 3.86. The molecule has 0 saturated carbocycles. The fraction of sp³-hybridized carbons (Fsp3) is 0.333. The molecule has 2 heterocycles. The van der Waals surface area contributed by atoms with E-state index in [0.717, 1.165) is 5.56 Å². The molecule has 1 aromatic carbocycles. The summed E-state index contributed by atoms with van der Waals surface area (Å²) in [6, 6.07) is 7.97. The van der Waals surface area contributed by atoms with Crippen molar-refractivity contribution in [3.05, 3.63) is 42.2 Å². The van der Waals surface area contributed by atoms with Gasteiger partial charge in [0, 0.05) is 32.2 Å². The molecule has 128 valence electrons. The van der Waals surface area contributed by atoms with E-state index in [1.165, 1.54) is 16.6 Å². The van der Waals surface area contributed by atoms with Crippen molar-refractivity contribution in [2.24, 2.45) is 0 Å². The first kappa shape index (κ1) is 16.5. The van der Waals surface area contributed by atoms with E-state index in [1.807, 2.05) is 6.92 Å². The third-order valence-corrected chi connectivity index (χ3v) is 5.77. The molecule has 1 saturated heterocycles. The molecule has 9 heteroatoms. The molecule has 0 unspecified atom stereocenters. The van der Waals surface area contributed by atoms with Crippen molar-refractivity contribution in [2.45, 2.75) is 11.8 Å². The van der Waals surface area contributed by atoms with Crippen molar-refractivity contribution < 1.29 is 17.7 Å². The summed E-state index contributed by atoms with van der Waals surface area (Å²) in [6.45, 7) is 3.04. The number of nitrogens with zero attached hydrogens (tertiary/aromatic N) is 3. The van der Waals surface area contributed by atoms with Crippen molar-refractivity contribution in [1.82, 2.24) is 14.4 Å². The highest BCUT2D eigenvalue weighted by Gasteiger charge is 2.30. The lowest BCUT2D eigenvalue weighted by Crippen LogP contribution is -2.51. The molecule has 0 bridgehead atoms. The summed E-state index contributed by atoms with van der Waals surface area (Å²) in [6.07, 6.45) is 1.36. The number of hydrogen-bond acceptors (Lipinski definition) is 5. The lowest BCUT2D eigenvalue weighted by Gasteiger charge is -2.33. The summed E-state index contributed by atoms with van der Waals surface area (Å²) < 4.78 is 31.3. The van der Waals surface area contributed by atoms with Crippen molar-refractivity contribution in [3.63, 3.8) is 0 Å². The van der Waals surface area contributed by atoms with Crippen LogP contribution >= 0.6 is 0 Å². The van der Waals surface area contributed by atoms with E-state index in [0.29, 0.717) is 18.9 Å². The Morgan fingerprint density at radius 3 is 2.38 bits per heavy atom. The van der Waals surface area contributed by atoms with Crippen LogP contribution in [0.25, 0.3) is 0 Å². The number of carbonyl (C=O) groups excluding carboxylic acids is 1. The molecule has 0 radical (unpaired) electrons. The minimum atomic E-state index is -3.53. The second-order valence-electron chi connectivity index (χ2n) is 5.52. The minimum Gasteiger partial charge on any atom is -0.363 e. The first-order chi connectivity index (χ1) is 11.5. The lowest BCUT2D eigenvalue weighted by molar-refractivity contribution is 0.184. The molecule has 1 aliphatic rings. The summed E-state index contributed by atoms with van der Waals surface area (Å²) >= 11 is 0. The zero-order valence-corrected chi connectivity index (χ0v) is 14.0.